The fourth-order valence-corrected chi connectivity index (χ4v) is 2.23. The van der Waals surface area contributed by atoms with Gasteiger partial charge in [0.2, 0.25) is 5.91 Å². The first-order valence-corrected chi connectivity index (χ1v) is 7.72. The lowest BCUT2D eigenvalue weighted by atomic mass is 10.1. The van der Waals surface area contributed by atoms with Crippen LogP contribution in [0.1, 0.15) is 63.5 Å². The number of unbranched alkanes of at least 4 members (excludes halogenated alkanes) is 5. The molecule has 0 heterocycles. The summed E-state index contributed by atoms with van der Waals surface area (Å²) in [6, 6.07) is 7.82. The molecule has 0 aromatic heterocycles. The van der Waals surface area contributed by atoms with Gasteiger partial charge in [0.15, 0.2) is 6.04 Å². The van der Waals surface area contributed by atoms with Gasteiger partial charge in [0.1, 0.15) is 0 Å². The Morgan fingerprint density at radius 3 is 2.29 bits per heavy atom. The zero-order valence-corrected chi connectivity index (χ0v) is 12.7. The highest BCUT2D eigenvalue weighted by Crippen LogP contribution is 2.13. The van der Waals surface area contributed by atoms with Crippen LogP contribution in [0.5, 0.6) is 0 Å². The third-order valence-corrected chi connectivity index (χ3v) is 3.44. The molecule has 116 valence electrons. The molecular formula is C17H25NO3. The number of carbonyl (C=O) groups is 2. The molecular weight excluding hydrogens is 266 g/mol. The molecule has 1 atom stereocenters. The van der Waals surface area contributed by atoms with E-state index in [1.54, 1.807) is 24.3 Å². The number of hydrogen-bond donors (Lipinski definition) is 2. The monoisotopic (exact) mass is 291 g/mol. The van der Waals surface area contributed by atoms with Gasteiger partial charge in [-0.15, -0.1) is 0 Å². The molecule has 1 amide bonds. The van der Waals surface area contributed by atoms with Crippen molar-refractivity contribution >= 4 is 11.9 Å². The summed E-state index contributed by atoms with van der Waals surface area (Å²) < 4.78 is 0. The molecule has 0 spiro atoms. The van der Waals surface area contributed by atoms with Crippen molar-refractivity contribution in [1.29, 1.82) is 0 Å². The van der Waals surface area contributed by atoms with E-state index in [1.807, 2.05) is 6.07 Å². The number of aliphatic carboxylic acids is 1. The number of rotatable bonds is 10. The van der Waals surface area contributed by atoms with Crippen LogP contribution in [-0.2, 0) is 9.59 Å². The number of carbonyl (C=O) groups excluding carboxylic acids is 1. The van der Waals surface area contributed by atoms with E-state index in [1.165, 1.54) is 19.3 Å². The summed E-state index contributed by atoms with van der Waals surface area (Å²) >= 11 is 0. The fourth-order valence-electron chi connectivity index (χ4n) is 2.23. The average Bonchev–Trinajstić information content (AvgIpc) is 2.49. The van der Waals surface area contributed by atoms with Gasteiger partial charge in [-0.05, 0) is 12.0 Å². The Labute approximate surface area is 126 Å². The number of hydrogen-bond acceptors (Lipinski definition) is 2. The topological polar surface area (TPSA) is 66.4 Å². The van der Waals surface area contributed by atoms with Crippen LogP contribution in [0.2, 0.25) is 0 Å². The van der Waals surface area contributed by atoms with Gasteiger partial charge in [0, 0.05) is 6.42 Å². The van der Waals surface area contributed by atoms with Crippen LogP contribution in [0.3, 0.4) is 0 Å². The lowest BCUT2D eigenvalue weighted by molar-refractivity contribution is -0.142. The fraction of sp³-hybridized carbons (Fsp3) is 0.529. The smallest absolute Gasteiger partial charge is 0.330 e. The first kappa shape index (κ1) is 17.2. The second-order valence-electron chi connectivity index (χ2n) is 5.27. The molecule has 1 aromatic carbocycles. The summed E-state index contributed by atoms with van der Waals surface area (Å²) in [5.41, 5.74) is 0.598. The zero-order valence-electron chi connectivity index (χ0n) is 12.7. The predicted octanol–water partition coefficient (Wildman–Crippen LogP) is 3.68. The van der Waals surface area contributed by atoms with Crippen molar-refractivity contribution in [2.75, 3.05) is 0 Å². The van der Waals surface area contributed by atoms with Crippen LogP contribution in [0.4, 0.5) is 0 Å². The van der Waals surface area contributed by atoms with Crippen molar-refractivity contribution in [3.8, 4) is 0 Å². The quantitative estimate of drug-likeness (QED) is 0.646. The van der Waals surface area contributed by atoms with Gasteiger partial charge in [0.05, 0.1) is 0 Å². The van der Waals surface area contributed by atoms with Gasteiger partial charge in [-0.3, -0.25) is 4.79 Å². The molecule has 0 aliphatic heterocycles. The maximum Gasteiger partial charge on any atom is 0.330 e. The molecule has 0 aliphatic rings. The van der Waals surface area contributed by atoms with Crippen LogP contribution < -0.4 is 5.32 Å². The van der Waals surface area contributed by atoms with E-state index < -0.39 is 12.0 Å². The van der Waals surface area contributed by atoms with Gasteiger partial charge in [-0.2, -0.15) is 0 Å². The number of carboxylic acid groups (broad SMARTS) is 1. The highest BCUT2D eigenvalue weighted by molar-refractivity contribution is 5.84. The molecule has 21 heavy (non-hydrogen) atoms. The Morgan fingerprint density at radius 1 is 1.05 bits per heavy atom. The van der Waals surface area contributed by atoms with E-state index in [0.717, 1.165) is 19.3 Å². The molecule has 0 bridgehead atoms. The standard InChI is InChI=1S/C17H25NO3/c1-2-3-4-5-6-10-13-15(19)18-16(17(20)21)14-11-8-7-9-12-14/h7-9,11-12,16H,2-6,10,13H2,1H3,(H,18,19)(H,20,21)/t16-/m0/s1. The minimum Gasteiger partial charge on any atom is -0.479 e. The summed E-state index contributed by atoms with van der Waals surface area (Å²) in [7, 11) is 0. The molecule has 0 radical (unpaired) electrons. The highest BCUT2D eigenvalue weighted by atomic mass is 16.4. The van der Waals surface area contributed by atoms with Crippen LogP contribution in [0, 0.1) is 0 Å². The molecule has 4 nitrogen and oxygen atoms in total. The van der Waals surface area contributed by atoms with E-state index >= 15 is 0 Å². The summed E-state index contributed by atoms with van der Waals surface area (Å²) in [6.07, 6.45) is 7.02. The average molecular weight is 291 g/mol. The van der Waals surface area contributed by atoms with E-state index in [4.69, 9.17) is 0 Å². The first-order valence-electron chi connectivity index (χ1n) is 7.72. The molecule has 2 N–H and O–H groups in total. The number of benzene rings is 1. The summed E-state index contributed by atoms with van der Waals surface area (Å²) in [4.78, 5) is 23.1. The lowest BCUT2D eigenvalue weighted by Crippen LogP contribution is -2.33. The first-order chi connectivity index (χ1) is 10.1. The van der Waals surface area contributed by atoms with Crippen molar-refractivity contribution in [2.45, 2.75) is 57.9 Å². The van der Waals surface area contributed by atoms with E-state index in [9.17, 15) is 14.7 Å². The number of nitrogens with one attached hydrogen (secondary N) is 1. The van der Waals surface area contributed by atoms with E-state index in [2.05, 4.69) is 12.2 Å². The van der Waals surface area contributed by atoms with Crippen LogP contribution in [0.15, 0.2) is 30.3 Å². The summed E-state index contributed by atoms with van der Waals surface area (Å²) in [5.74, 6) is -1.22. The number of amides is 1. The molecule has 0 saturated heterocycles. The SMILES string of the molecule is CCCCCCCCC(=O)N[C@H](C(=O)O)c1ccccc1. The second-order valence-corrected chi connectivity index (χ2v) is 5.27. The molecule has 1 aromatic rings. The van der Waals surface area contributed by atoms with E-state index in [0.29, 0.717) is 12.0 Å². The van der Waals surface area contributed by atoms with Crippen LogP contribution in [0.25, 0.3) is 0 Å². The zero-order chi connectivity index (χ0) is 15.5. The molecule has 0 fully saturated rings. The van der Waals surface area contributed by atoms with Crippen molar-refractivity contribution in [3.63, 3.8) is 0 Å². The Hall–Kier alpha value is -1.84. The Balaban J connectivity index is 2.35. The van der Waals surface area contributed by atoms with Gasteiger partial charge < -0.3 is 10.4 Å². The van der Waals surface area contributed by atoms with Crippen LogP contribution in [-0.4, -0.2) is 17.0 Å². The molecule has 0 unspecified atom stereocenters. The molecule has 4 heteroatoms. The Morgan fingerprint density at radius 2 is 1.67 bits per heavy atom. The summed E-state index contributed by atoms with van der Waals surface area (Å²) in [5, 5.41) is 11.8. The minimum absolute atomic E-state index is 0.193. The molecule has 1 rings (SSSR count). The second kappa shape index (κ2) is 9.97. The normalized spacial score (nSPS) is 11.9. The maximum atomic E-state index is 11.8. The third-order valence-electron chi connectivity index (χ3n) is 3.44. The van der Waals surface area contributed by atoms with Crippen molar-refractivity contribution in [2.24, 2.45) is 0 Å². The van der Waals surface area contributed by atoms with Crippen molar-refractivity contribution in [3.05, 3.63) is 35.9 Å². The Kier molecular flexibility index (Phi) is 8.17. The third kappa shape index (κ3) is 6.93. The maximum absolute atomic E-state index is 11.8. The summed E-state index contributed by atoms with van der Waals surface area (Å²) in [6.45, 7) is 2.17. The van der Waals surface area contributed by atoms with E-state index in [-0.39, 0.29) is 5.91 Å². The van der Waals surface area contributed by atoms with Gasteiger partial charge in [-0.25, -0.2) is 4.79 Å². The lowest BCUT2D eigenvalue weighted by Gasteiger charge is -2.14. The van der Waals surface area contributed by atoms with Gasteiger partial charge in [-0.1, -0.05) is 69.4 Å². The molecule has 0 saturated carbocycles. The largest absolute Gasteiger partial charge is 0.479 e. The predicted molar refractivity (Wildman–Crippen MR) is 83.0 cm³/mol. The van der Waals surface area contributed by atoms with Crippen molar-refractivity contribution in [1.82, 2.24) is 5.32 Å². The van der Waals surface area contributed by atoms with Crippen LogP contribution >= 0.6 is 0 Å². The molecule has 0 aliphatic carbocycles. The number of carboxylic acids is 1. The minimum atomic E-state index is -1.03. The van der Waals surface area contributed by atoms with Crippen molar-refractivity contribution < 1.29 is 14.7 Å². The van der Waals surface area contributed by atoms with Gasteiger partial charge >= 0.3 is 5.97 Å². The Bertz CT molecular complexity index is 431. The van der Waals surface area contributed by atoms with Gasteiger partial charge in [0.25, 0.3) is 0 Å². The highest BCUT2D eigenvalue weighted by Gasteiger charge is 2.21.